The second-order valence-corrected chi connectivity index (χ2v) is 5.04. The molecule has 0 saturated carbocycles. The first-order valence-electron chi connectivity index (χ1n) is 6.32. The Labute approximate surface area is 124 Å². The first-order valence-corrected chi connectivity index (χ1v) is 6.73. The minimum atomic E-state index is 0.0415. The van der Waals surface area contributed by atoms with Gasteiger partial charge in [-0.15, -0.1) is 0 Å². The average Bonchev–Trinajstić information content (AvgIpc) is 2.46. The minimum absolute atomic E-state index is 0.0415. The highest BCUT2D eigenvalue weighted by molar-refractivity contribution is 7.80. The summed E-state index contributed by atoms with van der Waals surface area (Å²) in [7, 11) is 0. The van der Waals surface area contributed by atoms with Gasteiger partial charge in [-0.3, -0.25) is 0 Å². The lowest BCUT2D eigenvalue weighted by molar-refractivity contribution is 0.280. The van der Waals surface area contributed by atoms with Gasteiger partial charge in [0.1, 0.15) is 17.3 Å². The number of hydrogen-bond acceptors (Lipinski definition) is 3. The molecule has 2 aromatic rings. The molecule has 2 aromatic carbocycles. The van der Waals surface area contributed by atoms with Crippen molar-refractivity contribution in [3.05, 3.63) is 64.7 Å². The molecule has 104 valence electrons. The molecule has 0 unspecified atom stereocenters. The van der Waals surface area contributed by atoms with E-state index in [1.807, 2.05) is 49.4 Å². The normalized spacial score (nSPS) is 10.3. The molecular weight excluding hydrogens is 270 g/mol. The van der Waals surface area contributed by atoms with Crippen LogP contribution in [-0.2, 0) is 13.2 Å². The minimum Gasteiger partial charge on any atom is -0.489 e. The van der Waals surface area contributed by atoms with E-state index in [-0.39, 0.29) is 6.61 Å². The zero-order chi connectivity index (χ0) is 14.5. The number of rotatable bonds is 5. The Bertz CT molecular complexity index is 608. The topological polar surface area (TPSA) is 55.5 Å². The maximum Gasteiger partial charge on any atom is 0.119 e. The van der Waals surface area contributed by atoms with Gasteiger partial charge in [0.05, 0.1) is 6.61 Å². The van der Waals surface area contributed by atoms with Crippen LogP contribution in [0.4, 0.5) is 0 Å². The van der Waals surface area contributed by atoms with Crippen LogP contribution in [0.3, 0.4) is 0 Å². The average molecular weight is 287 g/mol. The summed E-state index contributed by atoms with van der Waals surface area (Å²) in [4.78, 5) is 0.403. The van der Waals surface area contributed by atoms with E-state index in [1.165, 1.54) is 0 Å². The van der Waals surface area contributed by atoms with Gasteiger partial charge in [-0.05, 0) is 41.8 Å². The van der Waals surface area contributed by atoms with Gasteiger partial charge in [-0.2, -0.15) is 0 Å². The van der Waals surface area contributed by atoms with E-state index in [4.69, 9.17) is 27.8 Å². The number of thiocarbonyl (C=S) groups is 1. The van der Waals surface area contributed by atoms with Crippen molar-refractivity contribution in [2.24, 2.45) is 5.73 Å². The SMILES string of the molecule is Cc1cc(C(N)=S)ccc1COc1ccc(CO)cc1. The van der Waals surface area contributed by atoms with Crippen molar-refractivity contribution in [1.82, 2.24) is 0 Å². The third kappa shape index (κ3) is 3.56. The lowest BCUT2D eigenvalue weighted by Crippen LogP contribution is -2.10. The predicted molar refractivity (Wildman–Crippen MR) is 83.8 cm³/mol. The molecule has 0 amide bonds. The molecule has 3 nitrogen and oxygen atoms in total. The molecule has 0 aliphatic heterocycles. The van der Waals surface area contributed by atoms with Crippen LogP contribution in [-0.4, -0.2) is 10.1 Å². The summed E-state index contributed by atoms with van der Waals surface area (Å²) in [6, 6.07) is 13.2. The Kier molecular flexibility index (Phi) is 4.71. The van der Waals surface area contributed by atoms with Crippen molar-refractivity contribution in [3.8, 4) is 5.75 Å². The number of benzene rings is 2. The standard InChI is InChI=1S/C16H17NO2S/c1-11-8-13(16(17)20)4-5-14(11)10-19-15-6-2-12(9-18)3-7-15/h2-8,18H,9-10H2,1H3,(H2,17,20). The van der Waals surface area contributed by atoms with Crippen LogP contribution >= 0.6 is 12.2 Å². The lowest BCUT2D eigenvalue weighted by atomic mass is 10.1. The molecule has 0 aliphatic carbocycles. The van der Waals surface area contributed by atoms with Crippen LogP contribution in [0.15, 0.2) is 42.5 Å². The zero-order valence-electron chi connectivity index (χ0n) is 11.3. The van der Waals surface area contributed by atoms with Crippen LogP contribution in [0.25, 0.3) is 0 Å². The van der Waals surface area contributed by atoms with Crippen LogP contribution in [0.1, 0.15) is 22.3 Å². The molecule has 0 atom stereocenters. The summed E-state index contributed by atoms with van der Waals surface area (Å²) in [6.07, 6.45) is 0. The van der Waals surface area contributed by atoms with Crippen molar-refractivity contribution < 1.29 is 9.84 Å². The van der Waals surface area contributed by atoms with Gasteiger partial charge in [0.2, 0.25) is 0 Å². The van der Waals surface area contributed by atoms with Crippen LogP contribution in [0, 0.1) is 6.92 Å². The molecular formula is C16H17NO2S. The molecule has 0 fully saturated rings. The summed E-state index contributed by atoms with van der Waals surface area (Å²) in [5, 5.41) is 8.98. The second-order valence-electron chi connectivity index (χ2n) is 4.60. The largest absolute Gasteiger partial charge is 0.489 e. The maximum atomic E-state index is 8.98. The first-order chi connectivity index (χ1) is 9.60. The first kappa shape index (κ1) is 14.5. The van der Waals surface area contributed by atoms with E-state index in [9.17, 15) is 0 Å². The summed E-state index contributed by atoms with van der Waals surface area (Å²) >= 11 is 4.96. The molecule has 0 spiro atoms. The molecule has 20 heavy (non-hydrogen) atoms. The highest BCUT2D eigenvalue weighted by atomic mass is 32.1. The molecule has 0 radical (unpaired) electrons. The van der Waals surface area contributed by atoms with Gasteiger partial charge in [0.15, 0.2) is 0 Å². The molecule has 0 bridgehead atoms. The number of nitrogens with two attached hydrogens (primary N) is 1. The van der Waals surface area contributed by atoms with Crippen molar-refractivity contribution >= 4 is 17.2 Å². The van der Waals surface area contributed by atoms with E-state index in [0.717, 1.165) is 28.0 Å². The van der Waals surface area contributed by atoms with Gasteiger partial charge in [0.25, 0.3) is 0 Å². The van der Waals surface area contributed by atoms with Crippen LogP contribution in [0.5, 0.6) is 5.75 Å². The van der Waals surface area contributed by atoms with E-state index in [2.05, 4.69) is 0 Å². The molecule has 0 heterocycles. The summed E-state index contributed by atoms with van der Waals surface area (Å²) < 4.78 is 5.73. The monoisotopic (exact) mass is 287 g/mol. The molecule has 0 aromatic heterocycles. The van der Waals surface area contributed by atoms with Crippen LogP contribution in [0.2, 0.25) is 0 Å². The third-order valence-corrected chi connectivity index (χ3v) is 3.36. The Morgan fingerprint density at radius 3 is 2.45 bits per heavy atom. The van der Waals surface area contributed by atoms with Gasteiger partial charge in [0, 0.05) is 5.56 Å². The zero-order valence-corrected chi connectivity index (χ0v) is 12.1. The number of aryl methyl sites for hydroxylation is 1. The molecule has 4 heteroatoms. The Morgan fingerprint density at radius 2 is 1.90 bits per heavy atom. The number of aliphatic hydroxyl groups is 1. The third-order valence-electron chi connectivity index (χ3n) is 3.13. The second kappa shape index (κ2) is 6.50. The number of ether oxygens (including phenoxy) is 1. The van der Waals surface area contributed by atoms with Crippen molar-refractivity contribution in [2.45, 2.75) is 20.1 Å². The lowest BCUT2D eigenvalue weighted by Gasteiger charge is -2.10. The predicted octanol–water partition coefficient (Wildman–Crippen LogP) is 2.70. The van der Waals surface area contributed by atoms with Crippen LogP contribution < -0.4 is 10.5 Å². The Morgan fingerprint density at radius 1 is 1.20 bits per heavy atom. The molecule has 0 saturated heterocycles. The summed E-state index contributed by atoms with van der Waals surface area (Å²) in [5.41, 5.74) is 9.54. The van der Waals surface area contributed by atoms with E-state index in [1.54, 1.807) is 0 Å². The van der Waals surface area contributed by atoms with Gasteiger partial charge >= 0.3 is 0 Å². The molecule has 0 aliphatic rings. The highest BCUT2D eigenvalue weighted by Crippen LogP contribution is 2.17. The fourth-order valence-electron chi connectivity index (χ4n) is 1.86. The van der Waals surface area contributed by atoms with Gasteiger partial charge < -0.3 is 15.6 Å². The van der Waals surface area contributed by atoms with Crippen molar-refractivity contribution in [2.75, 3.05) is 0 Å². The van der Waals surface area contributed by atoms with E-state index in [0.29, 0.717) is 11.6 Å². The highest BCUT2D eigenvalue weighted by Gasteiger charge is 2.03. The summed E-state index contributed by atoms with van der Waals surface area (Å²) in [5.74, 6) is 0.778. The molecule has 2 rings (SSSR count). The Balaban J connectivity index is 2.04. The summed E-state index contributed by atoms with van der Waals surface area (Å²) in [6.45, 7) is 2.54. The number of hydrogen-bond donors (Lipinski definition) is 2. The van der Waals surface area contributed by atoms with E-state index < -0.39 is 0 Å². The Hall–Kier alpha value is -1.91. The fraction of sp³-hybridized carbons (Fsp3) is 0.188. The van der Waals surface area contributed by atoms with Gasteiger partial charge in [-0.25, -0.2) is 0 Å². The van der Waals surface area contributed by atoms with Gasteiger partial charge in [-0.1, -0.05) is 36.5 Å². The van der Waals surface area contributed by atoms with Crippen molar-refractivity contribution in [3.63, 3.8) is 0 Å². The van der Waals surface area contributed by atoms with Crippen molar-refractivity contribution in [1.29, 1.82) is 0 Å². The maximum absolute atomic E-state index is 8.98. The number of aliphatic hydroxyl groups excluding tert-OH is 1. The smallest absolute Gasteiger partial charge is 0.119 e. The fourth-order valence-corrected chi connectivity index (χ4v) is 1.99. The van der Waals surface area contributed by atoms with E-state index >= 15 is 0 Å². The molecule has 3 N–H and O–H groups in total. The quantitative estimate of drug-likeness (QED) is 0.830.